The van der Waals surface area contributed by atoms with Gasteiger partial charge < -0.3 is 10.3 Å². The van der Waals surface area contributed by atoms with Gasteiger partial charge in [-0.2, -0.15) is 4.98 Å². The number of nitro benzene ring substituents is 1. The van der Waals surface area contributed by atoms with Crippen LogP contribution in [0.3, 0.4) is 0 Å². The molecule has 0 saturated heterocycles. The number of anilines is 1. The average molecular weight is 320 g/mol. The molecule has 0 saturated carbocycles. The molecule has 0 atom stereocenters. The zero-order valence-corrected chi connectivity index (χ0v) is 12.3. The van der Waals surface area contributed by atoms with Crippen molar-refractivity contribution in [3.63, 3.8) is 0 Å². The van der Waals surface area contributed by atoms with E-state index >= 15 is 0 Å². The van der Waals surface area contributed by atoms with Crippen molar-refractivity contribution in [1.82, 2.24) is 9.97 Å². The standard InChI is InChI=1S/C13H12N4O4S/c1-8-6-12(16-13(19)14-8)22-7-11(18)15-9-2-4-10(5-3-9)17(20)21/h2-6H,7H2,1H3,(H,15,18)(H,14,16,19). The minimum Gasteiger partial charge on any atom is -0.325 e. The molecule has 114 valence electrons. The second kappa shape index (κ2) is 6.85. The zero-order valence-electron chi connectivity index (χ0n) is 11.5. The van der Waals surface area contributed by atoms with Crippen molar-refractivity contribution >= 4 is 29.0 Å². The van der Waals surface area contributed by atoms with Crippen LogP contribution >= 0.6 is 11.8 Å². The van der Waals surface area contributed by atoms with Gasteiger partial charge in [-0.25, -0.2) is 4.79 Å². The number of aromatic amines is 1. The van der Waals surface area contributed by atoms with Gasteiger partial charge in [0.05, 0.1) is 10.7 Å². The van der Waals surface area contributed by atoms with Crippen molar-refractivity contribution in [2.45, 2.75) is 11.9 Å². The van der Waals surface area contributed by atoms with Crippen LogP contribution in [0.25, 0.3) is 0 Å². The maximum atomic E-state index is 11.8. The highest BCUT2D eigenvalue weighted by atomic mass is 32.2. The van der Waals surface area contributed by atoms with Crippen LogP contribution in [0, 0.1) is 17.0 Å². The number of H-pyrrole nitrogens is 1. The summed E-state index contributed by atoms with van der Waals surface area (Å²) in [5.41, 5.74) is 0.623. The monoisotopic (exact) mass is 320 g/mol. The first-order valence-corrected chi connectivity index (χ1v) is 7.17. The first-order valence-electron chi connectivity index (χ1n) is 6.19. The average Bonchev–Trinajstić information content (AvgIpc) is 2.45. The van der Waals surface area contributed by atoms with Gasteiger partial charge in [-0.15, -0.1) is 0 Å². The second-order valence-corrected chi connectivity index (χ2v) is 5.34. The molecule has 0 fully saturated rings. The molecule has 0 bridgehead atoms. The Balaban J connectivity index is 1.92. The molecule has 22 heavy (non-hydrogen) atoms. The molecule has 9 heteroatoms. The largest absolute Gasteiger partial charge is 0.346 e. The molecule has 2 aromatic rings. The van der Waals surface area contributed by atoms with Crippen molar-refractivity contribution < 1.29 is 9.72 Å². The summed E-state index contributed by atoms with van der Waals surface area (Å²) < 4.78 is 0. The van der Waals surface area contributed by atoms with Crippen LogP contribution in [0.2, 0.25) is 0 Å². The summed E-state index contributed by atoms with van der Waals surface area (Å²) in [4.78, 5) is 39.3. The Hall–Kier alpha value is -2.68. The Morgan fingerprint density at radius 3 is 2.68 bits per heavy atom. The first-order chi connectivity index (χ1) is 10.4. The molecule has 1 aromatic carbocycles. The van der Waals surface area contributed by atoms with Gasteiger partial charge in [-0.1, -0.05) is 11.8 Å². The van der Waals surface area contributed by atoms with Crippen molar-refractivity contribution in [3.8, 4) is 0 Å². The summed E-state index contributed by atoms with van der Waals surface area (Å²) in [6.45, 7) is 1.73. The Kier molecular flexibility index (Phi) is 4.89. The molecule has 0 aliphatic rings. The first kappa shape index (κ1) is 15.7. The van der Waals surface area contributed by atoms with E-state index in [9.17, 15) is 19.7 Å². The third-order valence-corrected chi connectivity index (χ3v) is 3.48. The second-order valence-electron chi connectivity index (χ2n) is 4.35. The van der Waals surface area contributed by atoms with Gasteiger partial charge in [0.15, 0.2) is 0 Å². The normalized spacial score (nSPS) is 10.2. The summed E-state index contributed by atoms with van der Waals surface area (Å²) in [5, 5.41) is 13.6. The topological polar surface area (TPSA) is 118 Å². The molecule has 2 rings (SSSR count). The lowest BCUT2D eigenvalue weighted by atomic mass is 10.3. The summed E-state index contributed by atoms with van der Waals surface area (Å²) in [6.07, 6.45) is 0. The molecule has 1 aromatic heterocycles. The number of nitrogens with one attached hydrogen (secondary N) is 2. The van der Waals surface area contributed by atoms with E-state index in [1.54, 1.807) is 13.0 Å². The maximum Gasteiger partial charge on any atom is 0.346 e. The number of hydrogen-bond donors (Lipinski definition) is 2. The summed E-state index contributed by atoms with van der Waals surface area (Å²) in [5.74, 6) is -0.217. The van der Waals surface area contributed by atoms with Gasteiger partial charge in [0, 0.05) is 23.5 Å². The van der Waals surface area contributed by atoms with Crippen molar-refractivity contribution in [2.24, 2.45) is 0 Å². The summed E-state index contributed by atoms with van der Waals surface area (Å²) >= 11 is 1.13. The van der Waals surface area contributed by atoms with Gasteiger partial charge in [-0.3, -0.25) is 14.9 Å². The number of aromatic nitrogens is 2. The number of thioether (sulfide) groups is 1. The van der Waals surface area contributed by atoms with E-state index in [0.29, 0.717) is 16.4 Å². The van der Waals surface area contributed by atoms with Crippen molar-refractivity contribution in [2.75, 3.05) is 11.1 Å². The molecule has 0 unspecified atom stereocenters. The summed E-state index contributed by atoms with van der Waals surface area (Å²) in [7, 11) is 0. The molecular weight excluding hydrogens is 308 g/mol. The van der Waals surface area contributed by atoms with E-state index in [4.69, 9.17) is 0 Å². The number of carbonyl (C=O) groups excluding carboxylic acids is 1. The Morgan fingerprint density at radius 1 is 1.41 bits per heavy atom. The molecular formula is C13H12N4O4S. The fraction of sp³-hybridized carbons (Fsp3) is 0.154. The van der Waals surface area contributed by atoms with Crippen LogP contribution in [-0.2, 0) is 4.79 Å². The molecule has 1 amide bonds. The highest BCUT2D eigenvalue weighted by Gasteiger charge is 2.08. The predicted octanol–water partition coefficient (Wildman–Crippen LogP) is 1.72. The van der Waals surface area contributed by atoms with Crippen molar-refractivity contribution in [1.29, 1.82) is 0 Å². The summed E-state index contributed by atoms with van der Waals surface area (Å²) in [6, 6.07) is 7.20. The van der Waals surface area contributed by atoms with E-state index < -0.39 is 10.6 Å². The van der Waals surface area contributed by atoms with Crippen LogP contribution in [0.1, 0.15) is 5.69 Å². The highest BCUT2D eigenvalue weighted by molar-refractivity contribution is 7.99. The van der Waals surface area contributed by atoms with Crippen LogP contribution in [-0.4, -0.2) is 26.6 Å². The Labute approximate surface area is 129 Å². The third kappa shape index (κ3) is 4.42. The lowest BCUT2D eigenvalue weighted by Gasteiger charge is -2.04. The van der Waals surface area contributed by atoms with Crippen LogP contribution < -0.4 is 11.0 Å². The van der Waals surface area contributed by atoms with E-state index in [0.717, 1.165) is 11.8 Å². The molecule has 0 spiro atoms. The van der Waals surface area contributed by atoms with Crippen LogP contribution in [0.5, 0.6) is 0 Å². The Bertz CT molecular complexity index is 757. The SMILES string of the molecule is Cc1cc(SCC(=O)Nc2ccc([N+](=O)[O-])cc2)nc(=O)[nH]1. The molecule has 1 heterocycles. The number of aryl methyl sites for hydroxylation is 1. The number of amides is 1. The molecule has 0 radical (unpaired) electrons. The molecule has 2 N–H and O–H groups in total. The number of carbonyl (C=O) groups is 1. The number of rotatable bonds is 5. The third-order valence-electron chi connectivity index (χ3n) is 2.57. The van der Waals surface area contributed by atoms with Crippen molar-refractivity contribution in [3.05, 3.63) is 56.6 Å². The lowest BCUT2D eigenvalue weighted by Crippen LogP contribution is -2.16. The molecule has 0 aliphatic carbocycles. The van der Waals surface area contributed by atoms with E-state index in [-0.39, 0.29) is 17.3 Å². The van der Waals surface area contributed by atoms with Gasteiger partial charge in [0.1, 0.15) is 5.03 Å². The minimum atomic E-state index is -0.512. The number of hydrogen-bond acceptors (Lipinski definition) is 6. The van der Waals surface area contributed by atoms with Crippen LogP contribution in [0.15, 0.2) is 40.2 Å². The fourth-order valence-corrected chi connectivity index (χ4v) is 2.39. The van der Waals surface area contributed by atoms with E-state index in [2.05, 4.69) is 15.3 Å². The predicted molar refractivity (Wildman–Crippen MR) is 82.0 cm³/mol. The number of nitrogens with zero attached hydrogens (tertiary/aromatic N) is 2. The Morgan fingerprint density at radius 2 is 2.09 bits per heavy atom. The maximum absolute atomic E-state index is 11.8. The van der Waals surface area contributed by atoms with Gasteiger partial charge >= 0.3 is 5.69 Å². The number of non-ortho nitro benzene ring substituents is 1. The highest BCUT2D eigenvalue weighted by Crippen LogP contribution is 2.17. The number of benzene rings is 1. The van der Waals surface area contributed by atoms with Gasteiger partial charge in [-0.05, 0) is 25.1 Å². The van der Waals surface area contributed by atoms with Gasteiger partial charge in [0.25, 0.3) is 5.69 Å². The quantitative estimate of drug-likeness (QED) is 0.375. The van der Waals surface area contributed by atoms with E-state index in [1.807, 2.05) is 0 Å². The minimum absolute atomic E-state index is 0.0458. The molecule has 0 aliphatic heterocycles. The van der Waals surface area contributed by atoms with E-state index in [1.165, 1.54) is 24.3 Å². The number of nitro groups is 1. The molecule has 8 nitrogen and oxygen atoms in total. The fourth-order valence-electron chi connectivity index (χ4n) is 1.63. The van der Waals surface area contributed by atoms with Gasteiger partial charge in [0.2, 0.25) is 5.91 Å². The smallest absolute Gasteiger partial charge is 0.325 e. The zero-order chi connectivity index (χ0) is 16.1. The van der Waals surface area contributed by atoms with Crippen LogP contribution in [0.4, 0.5) is 11.4 Å². The lowest BCUT2D eigenvalue weighted by molar-refractivity contribution is -0.384.